The topological polar surface area (TPSA) is 54.5 Å². The second kappa shape index (κ2) is 7.48. The number of ketones is 1. The first-order chi connectivity index (χ1) is 12.3. The molecule has 3 rings (SSSR count). The summed E-state index contributed by atoms with van der Waals surface area (Å²) in [6, 6.07) is 10.8. The number of halogens is 2. The quantitative estimate of drug-likeness (QED) is 0.635. The Morgan fingerprint density at radius 1 is 1.23 bits per heavy atom. The van der Waals surface area contributed by atoms with E-state index >= 15 is 0 Å². The fourth-order valence-electron chi connectivity index (χ4n) is 3.13. The molecule has 7 heteroatoms. The lowest BCUT2D eigenvalue weighted by molar-refractivity contribution is 0.0988. The van der Waals surface area contributed by atoms with Crippen LogP contribution in [-0.4, -0.2) is 33.0 Å². The Kier molecular flexibility index (Phi) is 5.48. The molecule has 2 aromatic carbocycles. The molecule has 1 fully saturated rings. The van der Waals surface area contributed by atoms with Gasteiger partial charge in [-0.2, -0.15) is 0 Å². The van der Waals surface area contributed by atoms with Crippen molar-refractivity contribution >= 4 is 37.2 Å². The molecule has 0 amide bonds. The molecule has 0 spiro atoms. The van der Waals surface area contributed by atoms with Gasteiger partial charge in [0.1, 0.15) is 5.82 Å². The van der Waals surface area contributed by atoms with Gasteiger partial charge in [-0.05, 0) is 36.4 Å². The zero-order chi connectivity index (χ0) is 18.9. The second-order valence-electron chi connectivity index (χ2n) is 6.45. The summed E-state index contributed by atoms with van der Waals surface area (Å²) >= 11 is 3.29. The number of Topliss-reactive ketones (excluding diaryl/α,β-unsaturated/α-hetero) is 1. The van der Waals surface area contributed by atoms with Crippen LogP contribution in [0.2, 0.25) is 0 Å². The number of rotatable bonds is 6. The van der Waals surface area contributed by atoms with Gasteiger partial charge in [-0.3, -0.25) is 4.79 Å². The molecule has 1 saturated heterocycles. The highest BCUT2D eigenvalue weighted by Crippen LogP contribution is 2.31. The number of sulfone groups is 1. The van der Waals surface area contributed by atoms with Crippen molar-refractivity contribution < 1.29 is 17.6 Å². The summed E-state index contributed by atoms with van der Waals surface area (Å²) in [6.45, 7) is 2.74. The zero-order valence-corrected chi connectivity index (χ0v) is 16.7. The highest BCUT2D eigenvalue weighted by Gasteiger charge is 2.33. The largest absolute Gasteiger partial charge is 0.370 e. The lowest BCUT2D eigenvalue weighted by atomic mass is 9.98. The lowest BCUT2D eigenvalue weighted by Crippen LogP contribution is -2.50. The monoisotopic (exact) mass is 439 g/mol. The number of benzene rings is 2. The van der Waals surface area contributed by atoms with Crippen LogP contribution < -0.4 is 4.90 Å². The maximum absolute atomic E-state index is 13.6. The van der Waals surface area contributed by atoms with E-state index in [0.717, 1.165) is 4.47 Å². The van der Waals surface area contributed by atoms with Gasteiger partial charge in [-0.1, -0.05) is 28.9 Å². The Morgan fingerprint density at radius 3 is 2.62 bits per heavy atom. The Morgan fingerprint density at radius 2 is 1.96 bits per heavy atom. The van der Waals surface area contributed by atoms with Gasteiger partial charge in [-0.25, -0.2) is 12.8 Å². The van der Waals surface area contributed by atoms with Gasteiger partial charge in [0.25, 0.3) is 0 Å². The molecule has 1 aliphatic heterocycles. The minimum atomic E-state index is -3.39. The standard InChI is InChI=1S/C19H19BrFNO3S/c1-2-19(23)17-7-6-15(21)9-18(17)22-10-13(11-22)12-26(24,25)16-5-3-4-14(20)8-16/h3-9,13H,2,10-12H2,1H3. The van der Waals surface area contributed by atoms with Crippen molar-refractivity contribution in [3.8, 4) is 0 Å². The van der Waals surface area contributed by atoms with Gasteiger partial charge in [0, 0.05) is 35.5 Å². The van der Waals surface area contributed by atoms with E-state index in [1.165, 1.54) is 18.2 Å². The van der Waals surface area contributed by atoms with E-state index in [0.29, 0.717) is 30.8 Å². The first kappa shape index (κ1) is 19.0. The molecule has 0 aromatic heterocycles. The Balaban J connectivity index is 1.72. The van der Waals surface area contributed by atoms with E-state index in [1.54, 1.807) is 31.2 Å². The van der Waals surface area contributed by atoms with Crippen molar-refractivity contribution in [3.05, 3.63) is 58.3 Å². The maximum Gasteiger partial charge on any atom is 0.178 e. The molecule has 1 heterocycles. The minimum Gasteiger partial charge on any atom is -0.370 e. The number of nitrogens with zero attached hydrogens (tertiary/aromatic N) is 1. The van der Waals surface area contributed by atoms with Crippen LogP contribution in [0.5, 0.6) is 0 Å². The van der Waals surface area contributed by atoms with Crippen LogP contribution in [0.4, 0.5) is 10.1 Å². The number of anilines is 1. The van der Waals surface area contributed by atoms with Gasteiger partial charge in [0.2, 0.25) is 0 Å². The average molecular weight is 440 g/mol. The Bertz CT molecular complexity index is 940. The molecule has 0 saturated carbocycles. The van der Waals surface area contributed by atoms with Crippen molar-refractivity contribution in [1.29, 1.82) is 0 Å². The van der Waals surface area contributed by atoms with Crippen LogP contribution in [0.25, 0.3) is 0 Å². The summed E-state index contributed by atoms with van der Waals surface area (Å²) in [4.78, 5) is 14.2. The summed E-state index contributed by atoms with van der Waals surface area (Å²) in [5.41, 5.74) is 1.04. The van der Waals surface area contributed by atoms with Gasteiger partial charge in [-0.15, -0.1) is 0 Å². The summed E-state index contributed by atoms with van der Waals surface area (Å²) in [5, 5.41) is 0. The molecular formula is C19H19BrFNO3S. The molecule has 4 nitrogen and oxygen atoms in total. The van der Waals surface area contributed by atoms with Crippen molar-refractivity contribution in [3.63, 3.8) is 0 Å². The minimum absolute atomic E-state index is 0.0341. The summed E-state index contributed by atoms with van der Waals surface area (Å²) in [5.74, 6) is -0.471. The normalized spacial score (nSPS) is 15.0. The van der Waals surface area contributed by atoms with Crippen molar-refractivity contribution in [2.75, 3.05) is 23.7 Å². The molecule has 0 N–H and O–H groups in total. The first-order valence-electron chi connectivity index (χ1n) is 8.36. The van der Waals surface area contributed by atoms with Gasteiger partial charge >= 0.3 is 0 Å². The molecular weight excluding hydrogens is 421 g/mol. The smallest absolute Gasteiger partial charge is 0.178 e. The SMILES string of the molecule is CCC(=O)c1ccc(F)cc1N1CC(CS(=O)(=O)c2cccc(Br)c2)C1. The second-order valence-corrected chi connectivity index (χ2v) is 9.40. The summed E-state index contributed by atoms with van der Waals surface area (Å²) in [7, 11) is -3.39. The Labute approximate surface area is 161 Å². The zero-order valence-electron chi connectivity index (χ0n) is 14.3. The predicted octanol–water partition coefficient (Wildman–Crippen LogP) is 4.09. The van der Waals surface area contributed by atoms with E-state index in [4.69, 9.17) is 0 Å². The molecule has 0 radical (unpaired) electrons. The molecule has 26 heavy (non-hydrogen) atoms. The third-order valence-electron chi connectivity index (χ3n) is 4.49. The fourth-order valence-corrected chi connectivity index (χ4v) is 5.30. The van der Waals surface area contributed by atoms with Crippen molar-refractivity contribution in [2.45, 2.75) is 18.2 Å². The number of hydrogen-bond acceptors (Lipinski definition) is 4. The summed E-state index contributed by atoms with van der Waals surface area (Å²) in [6.07, 6.45) is 0.340. The van der Waals surface area contributed by atoms with Crippen LogP contribution in [0.15, 0.2) is 51.8 Å². The van der Waals surface area contributed by atoms with E-state index < -0.39 is 15.7 Å². The third-order valence-corrected chi connectivity index (χ3v) is 6.87. The van der Waals surface area contributed by atoms with Crippen LogP contribution in [-0.2, 0) is 9.84 Å². The molecule has 0 bridgehead atoms. The summed E-state index contributed by atoms with van der Waals surface area (Å²) < 4.78 is 39.4. The van der Waals surface area contributed by atoms with Crippen molar-refractivity contribution in [1.82, 2.24) is 0 Å². The maximum atomic E-state index is 13.6. The molecule has 1 aliphatic rings. The predicted molar refractivity (Wildman–Crippen MR) is 103 cm³/mol. The van der Waals surface area contributed by atoms with E-state index in [1.807, 2.05) is 4.90 Å². The lowest BCUT2D eigenvalue weighted by Gasteiger charge is -2.41. The van der Waals surface area contributed by atoms with Gasteiger partial charge in [0.05, 0.1) is 16.3 Å². The number of carbonyl (C=O) groups is 1. The Hall–Kier alpha value is -1.73. The number of carbonyl (C=O) groups excluding carboxylic acids is 1. The van der Waals surface area contributed by atoms with Crippen LogP contribution >= 0.6 is 15.9 Å². The highest BCUT2D eigenvalue weighted by atomic mass is 79.9. The molecule has 0 atom stereocenters. The molecule has 138 valence electrons. The van der Waals surface area contributed by atoms with E-state index in [2.05, 4.69) is 15.9 Å². The van der Waals surface area contributed by atoms with E-state index in [9.17, 15) is 17.6 Å². The fraction of sp³-hybridized carbons (Fsp3) is 0.316. The van der Waals surface area contributed by atoms with Gasteiger partial charge < -0.3 is 4.90 Å². The molecule has 0 unspecified atom stereocenters. The highest BCUT2D eigenvalue weighted by molar-refractivity contribution is 9.10. The van der Waals surface area contributed by atoms with Crippen LogP contribution in [0.3, 0.4) is 0 Å². The average Bonchev–Trinajstić information content (AvgIpc) is 2.57. The van der Waals surface area contributed by atoms with Crippen molar-refractivity contribution in [2.24, 2.45) is 5.92 Å². The third kappa shape index (κ3) is 3.99. The van der Waals surface area contributed by atoms with Gasteiger partial charge in [0.15, 0.2) is 15.6 Å². The van der Waals surface area contributed by atoms with Crippen LogP contribution in [0, 0.1) is 11.7 Å². The number of hydrogen-bond donors (Lipinski definition) is 0. The molecule has 2 aromatic rings. The first-order valence-corrected chi connectivity index (χ1v) is 10.8. The van der Waals surface area contributed by atoms with Crippen LogP contribution in [0.1, 0.15) is 23.7 Å². The van der Waals surface area contributed by atoms with E-state index in [-0.39, 0.29) is 22.3 Å². The molecule has 0 aliphatic carbocycles.